The lowest BCUT2D eigenvalue weighted by molar-refractivity contribution is 0.0126. The molecule has 0 bridgehead atoms. The van der Waals surface area contributed by atoms with Gasteiger partial charge in [-0.3, -0.25) is 14.6 Å². The van der Waals surface area contributed by atoms with Crippen molar-refractivity contribution in [3.63, 3.8) is 0 Å². The van der Waals surface area contributed by atoms with E-state index < -0.39 is 13.4 Å². The van der Waals surface area contributed by atoms with Gasteiger partial charge >= 0.3 is 13.9 Å². The lowest BCUT2D eigenvalue weighted by atomic mass is 10.1. The van der Waals surface area contributed by atoms with Crippen LogP contribution in [0, 0.1) is 11.3 Å². The molecule has 2 aromatic rings. The van der Waals surface area contributed by atoms with Crippen LogP contribution in [-0.4, -0.2) is 64.6 Å². The molecule has 1 fully saturated rings. The van der Waals surface area contributed by atoms with E-state index >= 15 is 0 Å². The molecule has 0 aromatic heterocycles. The zero-order valence-electron chi connectivity index (χ0n) is 23.1. The van der Waals surface area contributed by atoms with Crippen LogP contribution in [0.25, 0.3) is 6.08 Å². The number of benzene rings is 2. The molecule has 0 unspecified atom stereocenters. The largest absolute Gasteiger partial charge is 0.524 e. The maximum atomic E-state index is 12.6. The Morgan fingerprint density at radius 3 is 2.44 bits per heavy atom. The maximum Gasteiger partial charge on any atom is 0.524 e. The Balaban J connectivity index is 1.45. The van der Waals surface area contributed by atoms with Crippen molar-refractivity contribution in [1.82, 2.24) is 10.2 Å². The molecule has 41 heavy (non-hydrogen) atoms. The second kappa shape index (κ2) is 14.0. The van der Waals surface area contributed by atoms with E-state index in [9.17, 15) is 14.2 Å². The molecule has 2 amide bonds. The molecule has 3 N–H and O–H groups in total. The van der Waals surface area contributed by atoms with Crippen LogP contribution in [0.1, 0.15) is 55.1 Å². The van der Waals surface area contributed by atoms with Gasteiger partial charge in [0.05, 0.1) is 24.4 Å². The molecular weight excluding hydrogens is 553 g/mol. The normalized spacial score (nSPS) is 14.3. The molecule has 0 radical (unpaired) electrons. The summed E-state index contributed by atoms with van der Waals surface area (Å²) >= 11 is 0. The summed E-state index contributed by atoms with van der Waals surface area (Å²) in [7, 11) is -4.68. The van der Waals surface area contributed by atoms with Crippen molar-refractivity contribution < 1.29 is 42.7 Å². The van der Waals surface area contributed by atoms with E-state index in [1.165, 1.54) is 18.2 Å². The molecule has 13 heteroatoms. The molecule has 1 heterocycles. The third-order valence-corrected chi connectivity index (χ3v) is 6.14. The van der Waals surface area contributed by atoms with Gasteiger partial charge in [0.25, 0.3) is 5.91 Å². The van der Waals surface area contributed by atoms with Gasteiger partial charge in [0.1, 0.15) is 29.8 Å². The van der Waals surface area contributed by atoms with Crippen molar-refractivity contribution >= 4 is 25.9 Å². The average Bonchev–Trinajstić information content (AvgIpc) is 2.90. The summed E-state index contributed by atoms with van der Waals surface area (Å²) in [5, 5.41) is 11.9. The number of nitriles is 1. The minimum Gasteiger partial charge on any atom is -0.491 e. The molecule has 1 aliphatic heterocycles. The summed E-state index contributed by atoms with van der Waals surface area (Å²) in [4.78, 5) is 44.1. The Morgan fingerprint density at radius 1 is 1.15 bits per heavy atom. The summed E-state index contributed by atoms with van der Waals surface area (Å²) in [6.45, 7) is 6.83. The Labute approximate surface area is 238 Å². The van der Waals surface area contributed by atoms with Crippen LogP contribution in [0.4, 0.5) is 4.79 Å². The average molecular weight is 588 g/mol. The zero-order valence-corrected chi connectivity index (χ0v) is 24.0. The number of carbonyl (C=O) groups is 2. The van der Waals surface area contributed by atoms with E-state index in [4.69, 9.17) is 29.3 Å². The van der Waals surface area contributed by atoms with Crippen molar-refractivity contribution in [2.45, 2.75) is 45.3 Å². The second-order valence-electron chi connectivity index (χ2n) is 10.2. The highest BCUT2D eigenvalue weighted by atomic mass is 31.2. The predicted octanol–water partition coefficient (Wildman–Crippen LogP) is 4.23. The van der Waals surface area contributed by atoms with Gasteiger partial charge < -0.3 is 29.0 Å². The number of hydrogen-bond acceptors (Lipinski definition) is 8. The number of phosphoric acid groups is 1. The van der Waals surface area contributed by atoms with Crippen LogP contribution in [0.3, 0.4) is 0 Å². The number of carbonyl (C=O) groups excluding carboxylic acids is 2. The summed E-state index contributed by atoms with van der Waals surface area (Å²) in [5.41, 5.74) is 0.647. The molecular formula is C28H34N3O9P. The van der Waals surface area contributed by atoms with Crippen molar-refractivity contribution in [1.29, 1.82) is 5.26 Å². The van der Waals surface area contributed by atoms with E-state index in [-0.39, 0.29) is 37.0 Å². The fraction of sp³-hybridized carbons (Fsp3) is 0.393. The Hall–Kier alpha value is -4.04. The second-order valence-corrected chi connectivity index (χ2v) is 11.4. The number of hydrogen-bond donors (Lipinski definition) is 3. The van der Waals surface area contributed by atoms with E-state index in [0.29, 0.717) is 48.4 Å². The van der Waals surface area contributed by atoms with Gasteiger partial charge in [-0.05, 0) is 69.3 Å². The number of nitrogens with one attached hydrogen (secondary N) is 1. The molecule has 0 saturated carbocycles. The number of nitrogens with zero attached hydrogens (tertiary/aromatic N) is 2. The predicted molar refractivity (Wildman–Crippen MR) is 149 cm³/mol. The number of ether oxygens (including phenoxy) is 3. The van der Waals surface area contributed by atoms with Gasteiger partial charge in [-0.15, -0.1) is 0 Å². The van der Waals surface area contributed by atoms with E-state index in [1.54, 1.807) is 35.2 Å². The van der Waals surface area contributed by atoms with Crippen LogP contribution in [0.5, 0.6) is 11.5 Å². The van der Waals surface area contributed by atoms with Gasteiger partial charge in [0, 0.05) is 37.1 Å². The molecule has 12 nitrogen and oxygen atoms in total. The minimum atomic E-state index is -4.68. The van der Waals surface area contributed by atoms with Crippen LogP contribution in [0.15, 0.2) is 48.7 Å². The quantitative estimate of drug-likeness (QED) is 0.208. The number of rotatable bonds is 10. The standard InChI is InChI=1S/C28H34N3O9P/c1-28(2,3)40-27(33)31-14-10-24(11-15-31)39-23-8-6-22(7-9-23)26(32)30-13-17-37-25-18-20(19-29)4-5-21(25)12-16-38-41(34,35)36/h4-9,12,16,18,24H,10-11,13-15,17H2,1-3H3,(H,30,32)(H2,34,35,36). The molecule has 3 rings (SSSR count). The Kier molecular flexibility index (Phi) is 10.8. The summed E-state index contributed by atoms with van der Waals surface area (Å²) in [5.74, 6) is 0.593. The van der Waals surface area contributed by atoms with Gasteiger partial charge in [-0.25, -0.2) is 9.36 Å². The van der Waals surface area contributed by atoms with Crippen LogP contribution >= 0.6 is 7.82 Å². The maximum absolute atomic E-state index is 12.6. The zero-order chi connectivity index (χ0) is 30.0. The Bertz CT molecular complexity index is 1320. The topological polar surface area (TPSA) is 168 Å². The third kappa shape index (κ3) is 10.8. The first-order valence-corrected chi connectivity index (χ1v) is 14.5. The molecule has 2 aromatic carbocycles. The molecule has 1 aliphatic rings. The van der Waals surface area contributed by atoms with Crippen LogP contribution < -0.4 is 14.8 Å². The van der Waals surface area contributed by atoms with Crippen molar-refractivity contribution in [3.8, 4) is 17.6 Å². The number of piperidine rings is 1. The monoisotopic (exact) mass is 587 g/mol. The van der Waals surface area contributed by atoms with Gasteiger partial charge in [-0.2, -0.15) is 5.26 Å². The van der Waals surface area contributed by atoms with Gasteiger partial charge in [-0.1, -0.05) is 0 Å². The van der Waals surface area contributed by atoms with Crippen molar-refractivity contribution in [3.05, 3.63) is 65.4 Å². The highest BCUT2D eigenvalue weighted by Crippen LogP contribution is 2.36. The van der Waals surface area contributed by atoms with E-state index in [1.807, 2.05) is 26.8 Å². The third-order valence-electron chi connectivity index (χ3n) is 5.75. The van der Waals surface area contributed by atoms with Crippen LogP contribution in [0.2, 0.25) is 0 Å². The molecule has 1 saturated heterocycles. The molecule has 220 valence electrons. The summed E-state index contributed by atoms with van der Waals surface area (Å²) < 4.78 is 32.3. The molecule has 0 spiro atoms. The lowest BCUT2D eigenvalue weighted by Crippen LogP contribution is -2.44. The number of likely N-dealkylation sites (tertiary alicyclic amines) is 1. The lowest BCUT2D eigenvalue weighted by Gasteiger charge is -2.33. The highest BCUT2D eigenvalue weighted by Gasteiger charge is 2.27. The fourth-order valence-electron chi connectivity index (χ4n) is 3.84. The van der Waals surface area contributed by atoms with Crippen molar-refractivity contribution in [2.24, 2.45) is 0 Å². The highest BCUT2D eigenvalue weighted by molar-refractivity contribution is 7.46. The van der Waals surface area contributed by atoms with E-state index in [2.05, 4.69) is 9.84 Å². The first kappa shape index (κ1) is 31.5. The van der Waals surface area contributed by atoms with Gasteiger partial charge in [0.15, 0.2) is 0 Å². The minimum absolute atomic E-state index is 0.0480. The first-order valence-electron chi connectivity index (χ1n) is 12.9. The SMILES string of the molecule is CC(C)(C)OC(=O)N1CCC(Oc2ccc(C(=O)NCCOc3cc(C#N)ccc3C=COP(=O)(O)O)cc2)CC1. The first-order chi connectivity index (χ1) is 19.3. The fourth-order valence-corrected chi connectivity index (χ4v) is 4.06. The smallest absolute Gasteiger partial charge is 0.491 e. The summed E-state index contributed by atoms with van der Waals surface area (Å²) in [6, 6.07) is 13.3. The van der Waals surface area contributed by atoms with Crippen LogP contribution in [-0.2, 0) is 13.8 Å². The van der Waals surface area contributed by atoms with E-state index in [0.717, 1.165) is 6.26 Å². The molecule has 0 aliphatic carbocycles. The number of amides is 2. The van der Waals surface area contributed by atoms with Gasteiger partial charge in [0.2, 0.25) is 0 Å². The number of phosphoric ester groups is 1. The Morgan fingerprint density at radius 2 is 1.83 bits per heavy atom. The molecule has 0 atom stereocenters. The van der Waals surface area contributed by atoms with Crippen molar-refractivity contribution in [2.75, 3.05) is 26.2 Å². The summed E-state index contributed by atoms with van der Waals surface area (Å²) in [6.07, 6.45) is 3.12.